The van der Waals surface area contributed by atoms with Gasteiger partial charge in [-0.2, -0.15) is 0 Å². The number of carbonyl (C=O) groups is 2. The van der Waals surface area contributed by atoms with Crippen molar-refractivity contribution in [3.8, 4) is 0 Å². The number of amides is 1. The molecule has 0 fully saturated rings. The molecule has 0 radical (unpaired) electrons. The van der Waals surface area contributed by atoms with Crippen LogP contribution in [-0.4, -0.2) is 22.9 Å². The standard InChI is InChI=1S/C21H19FN2O3/c1-14(24-21(26)15-6-3-2-4-7-15)12-19(25)27-13-16-9-10-18(22)17-8-5-11-23-20(16)17/h2-11,14H,12-13H2,1H3,(H,24,26). The van der Waals surface area contributed by atoms with Crippen molar-refractivity contribution < 1.29 is 18.7 Å². The Morgan fingerprint density at radius 1 is 1.11 bits per heavy atom. The van der Waals surface area contributed by atoms with Crippen LogP contribution in [0.2, 0.25) is 0 Å². The van der Waals surface area contributed by atoms with E-state index in [1.54, 1.807) is 55.6 Å². The number of esters is 1. The monoisotopic (exact) mass is 366 g/mol. The molecule has 1 amide bonds. The fourth-order valence-electron chi connectivity index (χ4n) is 2.73. The fraction of sp³-hybridized carbons (Fsp3) is 0.190. The molecule has 1 heterocycles. The van der Waals surface area contributed by atoms with Gasteiger partial charge in [-0.1, -0.05) is 24.3 Å². The molecule has 0 spiro atoms. The fourth-order valence-corrected chi connectivity index (χ4v) is 2.73. The molecule has 1 N–H and O–H groups in total. The number of halogens is 1. The van der Waals surface area contributed by atoms with E-state index in [2.05, 4.69) is 10.3 Å². The lowest BCUT2D eigenvalue weighted by atomic mass is 10.1. The summed E-state index contributed by atoms with van der Waals surface area (Å²) in [5, 5.41) is 3.14. The lowest BCUT2D eigenvalue weighted by molar-refractivity contribution is -0.145. The van der Waals surface area contributed by atoms with E-state index < -0.39 is 5.97 Å². The maximum atomic E-state index is 13.8. The Morgan fingerprint density at radius 2 is 1.89 bits per heavy atom. The zero-order valence-corrected chi connectivity index (χ0v) is 14.8. The maximum Gasteiger partial charge on any atom is 0.308 e. The van der Waals surface area contributed by atoms with Gasteiger partial charge in [-0.3, -0.25) is 14.6 Å². The first kappa shape index (κ1) is 18.5. The quantitative estimate of drug-likeness (QED) is 0.677. The second-order valence-electron chi connectivity index (χ2n) is 6.21. The molecular formula is C21H19FN2O3. The molecule has 138 valence electrons. The number of pyridine rings is 1. The molecule has 1 atom stereocenters. The SMILES string of the molecule is CC(CC(=O)OCc1ccc(F)c2cccnc12)NC(=O)c1ccccc1. The number of hydrogen-bond acceptors (Lipinski definition) is 4. The summed E-state index contributed by atoms with van der Waals surface area (Å²) >= 11 is 0. The topological polar surface area (TPSA) is 68.3 Å². The molecular weight excluding hydrogens is 347 g/mol. The summed E-state index contributed by atoms with van der Waals surface area (Å²) in [6, 6.07) is 14.6. The molecule has 3 rings (SSSR count). The van der Waals surface area contributed by atoms with Gasteiger partial charge in [-0.15, -0.1) is 0 Å². The Bertz CT molecular complexity index is 960. The van der Waals surface area contributed by atoms with Crippen LogP contribution in [-0.2, 0) is 16.1 Å². The van der Waals surface area contributed by atoms with E-state index in [4.69, 9.17) is 4.74 Å². The Labute approximate surface area is 156 Å². The number of nitrogens with zero attached hydrogens (tertiary/aromatic N) is 1. The zero-order chi connectivity index (χ0) is 19.2. The molecule has 3 aromatic rings. The summed E-state index contributed by atoms with van der Waals surface area (Å²) in [6.07, 6.45) is 1.60. The van der Waals surface area contributed by atoms with Gasteiger partial charge in [-0.25, -0.2) is 4.39 Å². The third-order valence-electron chi connectivity index (χ3n) is 4.08. The van der Waals surface area contributed by atoms with Gasteiger partial charge >= 0.3 is 5.97 Å². The van der Waals surface area contributed by atoms with Crippen molar-refractivity contribution in [2.75, 3.05) is 0 Å². The molecule has 0 aliphatic rings. The van der Waals surface area contributed by atoms with E-state index >= 15 is 0 Å². The largest absolute Gasteiger partial charge is 0.461 e. The molecule has 0 bridgehead atoms. The van der Waals surface area contributed by atoms with Crippen molar-refractivity contribution in [1.82, 2.24) is 10.3 Å². The number of nitrogens with one attached hydrogen (secondary N) is 1. The van der Waals surface area contributed by atoms with Crippen LogP contribution >= 0.6 is 0 Å². The van der Waals surface area contributed by atoms with Crippen molar-refractivity contribution in [3.05, 3.63) is 77.7 Å². The van der Waals surface area contributed by atoms with E-state index in [9.17, 15) is 14.0 Å². The second-order valence-corrected chi connectivity index (χ2v) is 6.21. The highest BCUT2D eigenvalue weighted by Gasteiger charge is 2.15. The molecule has 6 heteroatoms. The van der Waals surface area contributed by atoms with Crippen molar-refractivity contribution in [2.24, 2.45) is 0 Å². The average Bonchev–Trinajstić information content (AvgIpc) is 2.68. The first-order chi connectivity index (χ1) is 13.0. The molecule has 1 aromatic heterocycles. The van der Waals surface area contributed by atoms with Crippen LogP contribution in [0.15, 0.2) is 60.8 Å². The number of carbonyl (C=O) groups excluding carboxylic acids is 2. The van der Waals surface area contributed by atoms with Gasteiger partial charge in [0.15, 0.2) is 0 Å². The highest BCUT2D eigenvalue weighted by molar-refractivity contribution is 5.94. The number of rotatable bonds is 6. The third kappa shape index (κ3) is 4.67. The number of aromatic nitrogens is 1. The van der Waals surface area contributed by atoms with Gasteiger partial charge in [0.05, 0.1) is 11.9 Å². The molecule has 2 aromatic carbocycles. The summed E-state index contributed by atoms with van der Waals surface area (Å²) in [5.74, 6) is -1.07. The molecule has 0 saturated carbocycles. The van der Waals surface area contributed by atoms with Crippen molar-refractivity contribution in [2.45, 2.75) is 26.0 Å². The van der Waals surface area contributed by atoms with Crippen molar-refractivity contribution in [3.63, 3.8) is 0 Å². The Kier molecular flexibility index (Phi) is 5.76. The average molecular weight is 366 g/mol. The Morgan fingerprint density at radius 3 is 2.67 bits per heavy atom. The van der Waals surface area contributed by atoms with E-state index in [-0.39, 0.29) is 30.8 Å². The summed E-state index contributed by atoms with van der Waals surface area (Å²) in [7, 11) is 0. The summed E-state index contributed by atoms with van der Waals surface area (Å²) in [5.41, 5.74) is 1.62. The van der Waals surface area contributed by atoms with Crippen LogP contribution in [0.1, 0.15) is 29.3 Å². The number of ether oxygens (including phenoxy) is 1. The lowest BCUT2D eigenvalue weighted by Gasteiger charge is -2.14. The van der Waals surface area contributed by atoms with Gasteiger partial charge in [0, 0.05) is 28.8 Å². The van der Waals surface area contributed by atoms with E-state index in [0.717, 1.165) is 0 Å². The minimum Gasteiger partial charge on any atom is -0.461 e. The minimum atomic E-state index is -0.454. The first-order valence-electron chi connectivity index (χ1n) is 8.58. The van der Waals surface area contributed by atoms with Gasteiger partial charge in [-0.05, 0) is 37.3 Å². The highest BCUT2D eigenvalue weighted by Crippen LogP contribution is 2.20. The summed E-state index contributed by atoms with van der Waals surface area (Å²) in [4.78, 5) is 28.3. The number of hydrogen-bond donors (Lipinski definition) is 1. The van der Waals surface area contributed by atoms with Crippen LogP contribution in [0.25, 0.3) is 10.9 Å². The normalized spacial score (nSPS) is 11.8. The van der Waals surface area contributed by atoms with Crippen LogP contribution in [0.5, 0.6) is 0 Å². The molecule has 27 heavy (non-hydrogen) atoms. The van der Waals surface area contributed by atoms with Gasteiger partial charge in [0.2, 0.25) is 0 Å². The van der Waals surface area contributed by atoms with Crippen molar-refractivity contribution >= 4 is 22.8 Å². The van der Waals surface area contributed by atoms with E-state index in [1.165, 1.54) is 6.07 Å². The van der Waals surface area contributed by atoms with Gasteiger partial charge in [0.25, 0.3) is 5.91 Å². The Balaban J connectivity index is 1.56. The predicted octanol–water partition coefficient (Wildman–Crippen LogP) is 3.63. The predicted molar refractivity (Wildman–Crippen MR) is 99.5 cm³/mol. The van der Waals surface area contributed by atoms with E-state index in [0.29, 0.717) is 22.0 Å². The maximum absolute atomic E-state index is 13.8. The third-order valence-corrected chi connectivity index (χ3v) is 4.08. The van der Waals surface area contributed by atoms with Crippen LogP contribution in [0.4, 0.5) is 4.39 Å². The lowest BCUT2D eigenvalue weighted by Crippen LogP contribution is -2.34. The first-order valence-corrected chi connectivity index (χ1v) is 8.58. The van der Waals surface area contributed by atoms with Gasteiger partial charge < -0.3 is 10.1 Å². The smallest absolute Gasteiger partial charge is 0.308 e. The van der Waals surface area contributed by atoms with Gasteiger partial charge in [0.1, 0.15) is 12.4 Å². The molecule has 0 aliphatic heterocycles. The van der Waals surface area contributed by atoms with Crippen LogP contribution in [0, 0.1) is 5.82 Å². The van der Waals surface area contributed by atoms with E-state index in [1.807, 2.05) is 6.07 Å². The molecule has 0 saturated heterocycles. The molecule has 5 nitrogen and oxygen atoms in total. The number of fused-ring (bicyclic) bond motifs is 1. The molecule has 1 unspecified atom stereocenters. The summed E-state index contributed by atoms with van der Waals surface area (Å²) < 4.78 is 19.1. The second kappa shape index (κ2) is 8.40. The van der Waals surface area contributed by atoms with Crippen LogP contribution < -0.4 is 5.32 Å². The minimum absolute atomic E-state index is 0.00796. The highest BCUT2D eigenvalue weighted by atomic mass is 19.1. The summed E-state index contributed by atoms with van der Waals surface area (Å²) in [6.45, 7) is 1.73. The molecule has 0 aliphatic carbocycles. The number of benzene rings is 2. The van der Waals surface area contributed by atoms with Crippen LogP contribution in [0.3, 0.4) is 0 Å². The Hall–Kier alpha value is -3.28. The zero-order valence-electron chi connectivity index (χ0n) is 14.8. The van der Waals surface area contributed by atoms with Crippen molar-refractivity contribution in [1.29, 1.82) is 0 Å².